The number of benzene rings is 5. The molecule has 0 atom stereocenters. The number of hydrogen-bond acceptors (Lipinski definition) is 10. The van der Waals surface area contributed by atoms with Gasteiger partial charge in [0.25, 0.3) is 0 Å². The highest BCUT2D eigenvalue weighted by Crippen LogP contribution is 2.31. The molecule has 0 heterocycles. The minimum absolute atomic E-state index is 0.113. The Morgan fingerprint density at radius 2 is 0.672 bits per heavy atom. The SMILES string of the molecule is C=CCCCCCCCCCOc1ccc(C(=O)Oc2ccc(C(=O)Oc3ccc(Br)c(OC(=O)c4ccc(OC(=O)c5ccc(OCCCCCCCCCC=C)cc5)cc4)c3)cc2)cc1. The normalized spacial score (nSPS) is 10.7. The lowest BCUT2D eigenvalue weighted by molar-refractivity contribution is 0.0722. The molecule has 0 N–H and O–H groups in total. The highest BCUT2D eigenvalue weighted by atomic mass is 79.9. The van der Waals surface area contributed by atoms with E-state index < -0.39 is 23.9 Å². The van der Waals surface area contributed by atoms with Gasteiger partial charge in [-0.15, -0.1) is 13.2 Å². The third-order valence-electron chi connectivity index (χ3n) is 10.7. The van der Waals surface area contributed by atoms with Crippen LogP contribution in [0.2, 0.25) is 0 Å². The van der Waals surface area contributed by atoms with Crippen LogP contribution in [0.5, 0.6) is 34.5 Å². The molecule has 0 fully saturated rings. The minimum atomic E-state index is -0.686. The maximum Gasteiger partial charge on any atom is 0.343 e. The third kappa shape index (κ3) is 18.7. The highest BCUT2D eigenvalue weighted by molar-refractivity contribution is 9.10. The maximum absolute atomic E-state index is 13.1. The van der Waals surface area contributed by atoms with E-state index in [1.807, 2.05) is 12.2 Å². The first-order valence-electron chi connectivity index (χ1n) is 23.3. The number of esters is 4. The number of unbranched alkanes of at least 4 members (excludes halogenated alkanes) is 14. The summed E-state index contributed by atoms with van der Waals surface area (Å²) in [4.78, 5) is 51.8. The van der Waals surface area contributed by atoms with E-state index in [9.17, 15) is 19.2 Å². The van der Waals surface area contributed by atoms with E-state index in [2.05, 4.69) is 29.1 Å². The zero-order valence-electron chi connectivity index (χ0n) is 38.2. The summed E-state index contributed by atoms with van der Waals surface area (Å²) in [5.41, 5.74) is 1.12. The second-order valence-corrected chi connectivity index (χ2v) is 16.9. The lowest BCUT2D eigenvalue weighted by atomic mass is 10.1. The molecule has 0 radical (unpaired) electrons. The van der Waals surface area contributed by atoms with E-state index >= 15 is 0 Å². The predicted molar refractivity (Wildman–Crippen MR) is 265 cm³/mol. The van der Waals surface area contributed by atoms with Crippen molar-refractivity contribution in [3.63, 3.8) is 0 Å². The van der Waals surface area contributed by atoms with Crippen LogP contribution in [0, 0.1) is 0 Å². The van der Waals surface area contributed by atoms with Crippen LogP contribution >= 0.6 is 15.9 Å². The fourth-order valence-corrected chi connectivity index (χ4v) is 7.23. The quantitative estimate of drug-likeness (QED) is 0.0190. The second kappa shape index (κ2) is 29.2. The van der Waals surface area contributed by atoms with Gasteiger partial charge in [-0.3, -0.25) is 0 Å². The summed E-state index contributed by atoms with van der Waals surface area (Å²) < 4.78 is 34.4. The van der Waals surface area contributed by atoms with E-state index in [1.165, 1.54) is 119 Å². The molecule has 0 saturated heterocycles. The van der Waals surface area contributed by atoms with Crippen molar-refractivity contribution >= 4 is 39.8 Å². The van der Waals surface area contributed by atoms with Crippen molar-refractivity contribution in [1.29, 1.82) is 0 Å². The molecule has 5 rings (SSSR count). The van der Waals surface area contributed by atoms with Gasteiger partial charge in [-0.25, -0.2) is 19.2 Å². The first-order valence-corrected chi connectivity index (χ1v) is 24.1. The van der Waals surface area contributed by atoms with Crippen LogP contribution in [0.1, 0.15) is 144 Å². The fourth-order valence-electron chi connectivity index (χ4n) is 6.90. The Balaban J connectivity index is 1.01. The lowest BCUT2D eigenvalue weighted by Crippen LogP contribution is -2.11. The first-order chi connectivity index (χ1) is 32.7. The van der Waals surface area contributed by atoms with Gasteiger partial charge in [-0.1, -0.05) is 76.4 Å². The third-order valence-corrected chi connectivity index (χ3v) is 11.4. The fraction of sp³-hybridized carbons (Fsp3) is 0.321. The Hall–Kier alpha value is -6.46. The van der Waals surface area contributed by atoms with Gasteiger partial charge in [0.15, 0.2) is 0 Å². The van der Waals surface area contributed by atoms with Crippen molar-refractivity contribution in [3.05, 3.63) is 167 Å². The number of ether oxygens (including phenoxy) is 6. The van der Waals surface area contributed by atoms with E-state index in [-0.39, 0.29) is 34.1 Å². The largest absolute Gasteiger partial charge is 0.494 e. The zero-order chi connectivity index (χ0) is 47.5. The zero-order valence-corrected chi connectivity index (χ0v) is 39.8. The molecule has 0 aliphatic rings. The van der Waals surface area contributed by atoms with Crippen molar-refractivity contribution in [2.75, 3.05) is 13.2 Å². The van der Waals surface area contributed by atoms with Gasteiger partial charge in [0, 0.05) is 6.07 Å². The number of hydrogen-bond donors (Lipinski definition) is 0. The average molecular weight is 974 g/mol. The first kappa shape index (κ1) is 51.5. The van der Waals surface area contributed by atoms with Crippen LogP contribution in [-0.4, -0.2) is 37.1 Å². The molecule has 0 bridgehead atoms. The maximum atomic E-state index is 13.1. The molecule has 10 nitrogen and oxygen atoms in total. The minimum Gasteiger partial charge on any atom is -0.494 e. The van der Waals surface area contributed by atoms with Crippen LogP contribution in [-0.2, 0) is 0 Å². The molecule has 5 aromatic rings. The van der Waals surface area contributed by atoms with Gasteiger partial charge in [-0.2, -0.15) is 0 Å². The van der Waals surface area contributed by atoms with Gasteiger partial charge in [0.2, 0.25) is 0 Å². The number of carbonyl (C=O) groups is 4. The van der Waals surface area contributed by atoms with Gasteiger partial charge < -0.3 is 28.4 Å². The van der Waals surface area contributed by atoms with E-state index in [1.54, 1.807) is 60.7 Å². The second-order valence-electron chi connectivity index (χ2n) is 16.0. The standard InChI is InChI=1S/C56H61BrO10/c1-3-5-7-9-11-13-15-17-19-39-62-46-29-21-42(22-30-46)53(58)64-48-33-25-44(26-34-48)55(60)66-50-37-38-51(57)52(41-50)67-56(61)45-27-35-49(36-28-45)65-54(59)43-23-31-47(32-24-43)63-40-20-18-16-14-12-10-8-6-4-2/h3-4,21-38,41H,1-2,5-20,39-40H2. The Bertz CT molecular complexity index is 2320. The summed E-state index contributed by atoms with van der Waals surface area (Å²) in [5, 5.41) is 0. The number of rotatable bonds is 30. The summed E-state index contributed by atoms with van der Waals surface area (Å²) in [6.07, 6.45) is 22.7. The van der Waals surface area contributed by atoms with E-state index in [0.29, 0.717) is 40.3 Å². The van der Waals surface area contributed by atoms with Crippen molar-refractivity contribution < 1.29 is 47.6 Å². The van der Waals surface area contributed by atoms with Gasteiger partial charge in [0.1, 0.15) is 34.5 Å². The van der Waals surface area contributed by atoms with Crippen LogP contribution in [0.25, 0.3) is 0 Å². The number of halogens is 1. The summed E-state index contributed by atoms with van der Waals surface area (Å²) in [7, 11) is 0. The van der Waals surface area contributed by atoms with Crippen LogP contribution in [0.4, 0.5) is 0 Å². The van der Waals surface area contributed by atoms with E-state index in [0.717, 1.165) is 38.5 Å². The Kier molecular flexibility index (Phi) is 22.5. The lowest BCUT2D eigenvalue weighted by Gasteiger charge is -2.10. The molecule has 0 aliphatic carbocycles. The molecule has 11 heteroatoms. The summed E-state index contributed by atoms with van der Waals surface area (Å²) >= 11 is 3.38. The van der Waals surface area contributed by atoms with Crippen molar-refractivity contribution in [2.45, 2.75) is 103 Å². The smallest absolute Gasteiger partial charge is 0.343 e. The summed E-state index contributed by atoms with van der Waals surface area (Å²) in [6.45, 7) is 8.77. The average Bonchev–Trinajstić information content (AvgIpc) is 3.34. The number of allylic oxidation sites excluding steroid dienone is 2. The molecule has 5 aromatic carbocycles. The molecule has 0 spiro atoms. The monoisotopic (exact) mass is 972 g/mol. The Morgan fingerprint density at radius 3 is 1.04 bits per heavy atom. The molecular weight excluding hydrogens is 913 g/mol. The van der Waals surface area contributed by atoms with Crippen molar-refractivity contribution in [2.24, 2.45) is 0 Å². The molecule has 0 amide bonds. The molecule has 0 aromatic heterocycles. The van der Waals surface area contributed by atoms with Crippen molar-refractivity contribution in [3.8, 4) is 34.5 Å². The van der Waals surface area contributed by atoms with Crippen LogP contribution in [0.3, 0.4) is 0 Å². The molecule has 352 valence electrons. The number of carbonyl (C=O) groups excluding carboxylic acids is 4. The summed E-state index contributed by atoms with van der Waals surface area (Å²) in [6, 6.07) is 30.0. The van der Waals surface area contributed by atoms with Gasteiger partial charge >= 0.3 is 23.9 Å². The summed E-state index contributed by atoms with van der Waals surface area (Å²) in [5.74, 6) is -0.348. The molecule has 0 aliphatic heterocycles. The van der Waals surface area contributed by atoms with Gasteiger partial charge in [0.05, 0.1) is 39.9 Å². The Morgan fingerprint density at radius 1 is 0.373 bits per heavy atom. The predicted octanol–water partition coefficient (Wildman–Crippen LogP) is 14.7. The molecule has 0 unspecified atom stereocenters. The molecule has 0 saturated carbocycles. The van der Waals surface area contributed by atoms with Crippen molar-refractivity contribution in [1.82, 2.24) is 0 Å². The Labute approximate surface area is 403 Å². The van der Waals surface area contributed by atoms with Gasteiger partial charge in [-0.05, 0) is 164 Å². The molecular formula is C56H61BrO10. The molecule has 67 heavy (non-hydrogen) atoms. The topological polar surface area (TPSA) is 124 Å². The van der Waals surface area contributed by atoms with Crippen LogP contribution < -0.4 is 28.4 Å². The highest BCUT2D eigenvalue weighted by Gasteiger charge is 2.17. The van der Waals surface area contributed by atoms with Crippen LogP contribution in [0.15, 0.2) is 145 Å². The van der Waals surface area contributed by atoms with E-state index in [4.69, 9.17) is 28.4 Å².